The minimum atomic E-state index is -3.49. The maximum atomic E-state index is 12.3. The predicted octanol–water partition coefficient (Wildman–Crippen LogP) is 1.19. The number of nitrogens with zero attached hydrogens (tertiary/aromatic N) is 2. The van der Waals surface area contributed by atoms with Gasteiger partial charge in [0.2, 0.25) is 5.91 Å². The van der Waals surface area contributed by atoms with E-state index in [2.05, 4.69) is 10.3 Å². The lowest BCUT2D eigenvalue weighted by Gasteiger charge is -2.18. The summed E-state index contributed by atoms with van der Waals surface area (Å²) in [6.07, 6.45) is 1.29. The molecule has 1 amide bonds. The van der Waals surface area contributed by atoms with E-state index < -0.39 is 10.0 Å². The molecule has 6 nitrogen and oxygen atoms in total. The third-order valence-electron chi connectivity index (χ3n) is 2.41. The molecule has 1 aromatic rings. The number of anilines is 1. The summed E-state index contributed by atoms with van der Waals surface area (Å²) in [5, 5.41) is 2.73. The molecule has 0 spiro atoms. The Morgan fingerprint density at radius 1 is 1.61 bits per heavy atom. The molecule has 2 heterocycles. The molecule has 1 fully saturated rings. The topological polar surface area (TPSA) is 79.4 Å². The van der Waals surface area contributed by atoms with Crippen molar-refractivity contribution < 1.29 is 13.2 Å². The molecule has 0 radical (unpaired) electrons. The van der Waals surface area contributed by atoms with Crippen molar-refractivity contribution in [3.05, 3.63) is 6.20 Å². The highest BCUT2D eigenvalue weighted by Gasteiger charge is 2.34. The van der Waals surface area contributed by atoms with Gasteiger partial charge in [-0.25, -0.2) is 13.4 Å². The van der Waals surface area contributed by atoms with Crippen molar-refractivity contribution in [1.29, 1.82) is 0 Å². The largest absolute Gasteiger partial charge is 0.302 e. The average molecular weight is 307 g/mol. The summed E-state index contributed by atoms with van der Waals surface area (Å²) in [4.78, 5) is 14.8. The molecule has 0 bridgehead atoms. The fourth-order valence-corrected chi connectivity index (χ4v) is 5.83. The van der Waals surface area contributed by atoms with Gasteiger partial charge in [0.25, 0.3) is 10.0 Å². The first kappa shape index (κ1) is 13.8. The number of sulfonamides is 1. The van der Waals surface area contributed by atoms with E-state index in [4.69, 9.17) is 0 Å². The summed E-state index contributed by atoms with van der Waals surface area (Å²) in [5.41, 5.74) is 0. The van der Waals surface area contributed by atoms with Gasteiger partial charge in [-0.2, -0.15) is 4.31 Å². The molecule has 1 atom stereocenters. The Kier molecular flexibility index (Phi) is 3.95. The molecule has 9 heteroatoms. The molecule has 1 N–H and O–H groups in total. The normalized spacial score (nSPS) is 21.1. The van der Waals surface area contributed by atoms with Crippen LogP contribution in [0.5, 0.6) is 0 Å². The Hall–Kier alpha value is -0.640. The highest BCUT2D eigenvalue weighted by Crippen LogP contribution is 2.32. The zero-order valence-electron chi connectivity index (χ0n) is 9.91. The van der Waals surface area contributed by atoms with E-state index in [9.17, 15) is 13.2 Å². The molecule has 1 aliphatic rings. The summed E-state index contributed by atoms with van der Waals surface area (Å²) in [6, 6.07) is 0. The summed E-state index contributed by atoms with van der Waals surface area (Å²) >= 11 is 2.58. The van der Waals surface area contributed by atoms with Crippen LogP contribution in [0.25, 0.3) is 0 Å². The van der Waals surface area contributed by atoms with Gasteiger partial charge in [0.15, 0.2) is 9.34 Å². The number of nitrogens with one attached hydrogen (secondary N) is 1. The molecule has 0 aliphatic carbocycles. The Labute approximate surface area is 114 Å². The molecule has 0 saturated carbocycles. The molecule has 1 saturated heterocycles. The van der Waals surface area contributed by atoms with Crippen molar-refractivity contribution in [1.82, 2.24) is 9.29 Å². The van der Waals surface area contributed by atoms with E-state index in [0.717, 1.165) is 17.1 Å². The molecule has 2 rings (SSSR count). The third-order valence-corrected chi connectivity index (χ3v) is 7.01. The van der Waals surface area contributed by atoms with Crippen LogP contribution in [0.4, 0.5) is 5.13 Å². The number of carbonyl (C=O) groups excluding carboxylic acids is 1. The van der Waals surface area contributed by atoms with Gasteiger partial charge in [-0.05, 0) is 6.92 Å². The molecule has 100 valence electrons. The predicted molar refractivity (Wildman–Crippen MR) is 72.2 cm³/mol. The average Bonchev–Trinajstić information content (AvgIpc) is 2.86. The summed E-state index contributed by atoms with van der Waals surface area (Å²) in [6.45, 7) is 3.74. The van der Waals surface area contributed by atoms with Gasteiger partial charge in [-0.3, -0.25) is 4.79 Å². The number of amides is 1. The van der Waals surface area contributed by atoms with E-state index in [-0.39, 0.29) is 15.5 Å². The van der Waals surface area contributed by atoms with Gasteiger partial charge < -0.3 is 5.32 Å². The first-order valence-corrected chi connectivity index (χ1v) is 8.58. The van der Waals surface area contributed by atoms with Crippen molar-refractivity contribution in [2.45, 2.75) is 23.4 Å². The van der Waals surface area contributed by atoms with Crippen LogP contribution >= 0.6 is 23.1 Å². The van der Waals surface area contributed by atoms with Crippen LogP contribution in [-0.2, 0) is 14.8 Å². The maximum Gasteiger partial charge on any atom is 0.255 e. The lowest BCUT2D eigenvalue weighted by atomic mass is 10.7. The SMILES string of the molecule is CC(=O)Nc1ncc(S(=O)(=O)N2CCSC2C)s1. The van der Waals surface area contributed by atoms with Gasteiger partial charge in [-0.1, -0.05) is 11.3 Å². The van der Waals surface area contributed by atoms with E-state index in [0.29, 0.717) is 11.7 Å². The second-order valence-electron chi connectivity index (χ2n) is 3.75. The van der Waals surface area contributed by atoms with Crippen LogP contribution in [0.2, 0.25) is 0 Å². The Bertz CT molecular complexity index is 554. The standard InChI is InChI=1S/C9H13N3O3S3/c1-6(13)11-9-10-5-8(17-9)18(14,15)12-3-4-16-7(12)2/h5,7H,3-4H2,1-2H3,(H,10,11,13). The molecule has 1 aromatic heterocycles. The van der Waals surface area contributed by atoms with Crippen molar-refractivity contribution >= 4 is 44.2 Å². The maximum absolute atomic E-state index is 12.3. The zero-order valence-corrected chi connectivity index (χ0v) is 12.4. The van der Waals surface area contributed by atoms with E-state index in [1.807, 2.05) is 6.92 Å². The second kappa shape index (κ2) is 5.16. The minimum absolute atomic E-state index is 0.0543. The fourth-order valence-electron chi connectivity index (χ4n) is 1.60. The van der Waals surface area contributed by atoms with E-state index in [1.54, 1.807) is 11.8 Å². The summed E-state index contributed by atoms with van der Waals surface area (Å²) in [5.74, 6) is 0.538. The Morgan fingerprint density at radius 3 is 2.89 bits per heavy atom. The second-order valence-corrected chi connectivity index (χ2v) is 8.32. The fraction of sp³-hybridized carbons (Fsp3) is 0.556. The monoisotopic (exact) mass is 307 g/mol. The Morgan fingerprint density at radius 2 is 2.33 bits per heavy atom. The summed E-state index contributed by atoms with van der Waals surface area (Å²) < 4.78 is 26.3. The molecular formula is C9H13N3O3S3. The number of aromatic nitrogens is 1. The van der Waals surface area contributed by atoms with Crippen molar-refractivity contribution in [3.8, 4) is 0 Å². The number of thiazole rings is 1. The molecule has 0 aromatic carbocycles. The van der Waals surface area contributed by atoms with Gasteiger partial charge in [0.05, 0.1) is 11.6 Å². The van der Waals surface area contributed by atoms with Gasteiger partial charge in [0, 0.05) is 19.2 Å². The van der Waals surface area contributed by atoms with Crippen molar-refractivity contribution in [2.75, 3.05) is 17.6 Å². The zero-order chi connectivity index (χ0) is 13.3. The lowest BCUT2D eigenvalue weighted by Crippen LogP contribution is -2.32. The van der Waals surface area contributed by atoms with Crippen LogP contribution in [0.1, 0.15) is 13.8 Å². The highest BCUT2D eigenvalue weighted by atomic mass is 32.2. The van der Waals surface area contributed by atoms with E-state index >= 15 is 0 Å². The van der Waals surface area contributed by atoms with Crippen LogP contribution < -0.4 is 5.32 Å². The van der Waals surface area contributed by atoms with Crippen LogP contribution in [0.15, 0.2) is 10.4 Å². The number of thioether (sulfide) groups is 1. The van der Waals surface area contributed by atoms with Crippen LogP contribution in [0.3, 0.4) is 0 Å². The highest BCUT2D eigenvalue weighted by molar-refractivity contribution is 8.01. The molecule has 18 heavy (non-hydrogen) atoms. The number of hydrogen-bond acceptors (Lipinski definition) is 6. The lowest BCUT2D eigenvalue weighted by molar-refractivity contribution is -0.114. The minimum Gasteiger partial charge on any atom is -0.302 e. The quantitative estimate of drug-likeness (QED) is 0.907. The van der Waals surface area contributed by atoms with Crippen molar-refractivity contribution in [2.24, 2.45) is 0 Å². The first-order valence-electron chi connectivity index (χ1n) is 5.28. The number of rotatable bonds is 3. The van der Waals surface area contributed by atoms with E-state index in [1.165, 1.54) is 17.4 Å². The molecule has 1 unspecified atom stereocenters. The first-order chi connectivity index (χ1) is 8.41. The van der Waals surface area contributed by atoms with Gasteiger partial charge >= 0.3 is 0 Å². The van der Waals surface area contributed by atoms with Gasteiger partial charge in [0.1, 0.15) is 0 Å². The number of hydrogen-bond donors (Lipinski definition) is 1. The Balaban J connectivity index is 2.24. The molecular weight excluding hydrogens is 294 g/mol. The smallest absolute Gasteiger partial charge is 0.255 e. The summed E-state index contributed by atoms with van der Waals surface area (Å²) in [7, 11) is -3.49. The van der Waals surface area contributed by atoms with Crippen molar-refractivity contribution in [3.63, 3.8) is 0 Å². The van der Waals surface area contributed by atoms with Crippen LogP contribution in [-0.4, -0.2) is 41.3 Å². The van der Waals surface area contributed by atoms with Crippen LogP contribution in [0, 0.1) is 0 Å². The number of carbonyl (C=O) groups is 1. The molecule has 1 aliphatic heterocycles. The third kappa shape index (κ3) is 2.68. The van der Waals surface area contributed by atoms with Gasteiger partial charge in [-0.15, -0.1) is 11.8 Å².